The van der Waals surface area contributed by atoms with E-state index in [1.807, 2.05) is 30.3 Å². The van der Waals surface area contributed by atoms with E-state index in [9.17, 15) is 4.79 Å². The molecular formula is C22H19N5O3. The summed E-state index contributed by atoms with van der Waals surface area (Å²) in [5, 5.41) is 14.4. The molecule has 8 heteroatoms. The molecule has 150 valence electrons. The van der Waals surface area contributed by atoms with E-state index in [-0.39, 0.29) is 5.91 Å². The average Bonchev–Trinajstić information content (AvgIpc) is 3.20. The third-order valence-electron chi connectivity index (χ3n) is 4.37. The number of anilines is 1. The van der Waals surface area contributed by atoms with E-state index < -0.39 is 0 Å². The Morgan fingerprint density at radius 3 is 2.50 bits per heavy atom. The van der Waals surface area contributed by atoms with Crippen LogP contribution in [0.1, 0.15) is 16.2 Å². The summed E-state index contributed by atoms with van der Waals surface area (Å²) < 4.78 is 12.7. The normalized spacial score (nSPS) is 10.5. The minimum atomic E-state index is -0.266. The average molecular weight is 401 g/mol. The summed E-state index contributed by atoms with van der Waals surface area (Å²) in [6.45, 7) is 1.78. The molecular weight excluding hydrogens is 382 g/mol. The molecule has 0 aliphatic heterocycles. The lowest BCUT2D eigenvalue weighted by atomic mass is 10.2. The Hall–Kier alpha value is -4.20. The summed E-state index contributed by atoms with van der Waals surface area (Å²) in [5.41, 5.74) is 1.68. The second-order valence-electron chi connectivity index (χ2n) is 6.42. The van der Waals surface area contributed by atoms with Gasteiger partial charge in [-0.15, -0.1) is 5.10 Å². The molecule has 0 bridgehead atoms. The second-order valence-corrected chi connectivity index (χ2v) is 6.42. The molecule has 0 saturated heterocycles. The summed E-state index contributed by atoms with van der Waals surface area (Å²) in [4.78, 5) is 12.8. The van der Waals surface area contributed by atoms with Crippen LogP contribution in [0.3, 0.4) is 0 Å². The van der Waals surface area contributed by atoms with Gasteiger partial charge in [-0.3, -0.25) is 4.79 Å². The van der Waals surface area contributed by atoms with Gasteiger partial charge < -0.3 is 14.8 Å². The first-order valence-corrected chi connectivity index (χ1v) is 9.22. The van der Waals surface area contributed by atoms with Crippen LogP contribution >= 0.6 is 0 Å². The van der Waals surface area contributed by atoms with Gasteiger partial charge in [0.1, 0.15) is 22.9 Å². The molecule has 0 spiro atoms. The van der Waals surface area contributed by atoms with Crippen LogP contribution in [0.25, 0.3) is 5.69 Å². The Kier molecular flexibility index (Phi) is 5.38. The molecule has 0 aliphatic carbocycles. The molecule has 1 amide bonds. The van der Waals surface area contributed by atoms with Crippen molar-refractivity contribution >= 4 is 11.6 Å². The number of amides is 1. The molecule has 0 saturated carbocycles. The number of ether oxygens (including phenoxy) is 2. The Labute approximate surface area is 173 Å². The molecule has 1 N–H and O–H groups in total. The molecule has 0 atom stereocenters. The molecule has 4 rings (SSSR count). The van der Waals surface area contributed by atoms with E-state index in [0.29, 0.717) is 40.0 Å². The Balaban J connectivity index is 1.56. The highest BCUT2D eigenvalue weighted by Gasteiger charge is 2.13. The van der Waals surface area contributed by atoms with Crippen molar-refractivity contribution in [3.63, 3.8) is 0 Å². The number of aryl methyl sites for hydroxylation is 1. The number of hydrogen-bond acceptors (Lipinski definition) is 6. The van der Waals surface area contributed by atoms with Crippen molar-refractivity contribution in [2.24, 2.45) is 0 Å². The number of nitrogens with zero attached hydrogens (tertiary/aromatic N) is 4. The fourth-order valence-corrected chi connectivity index (χ4v) is 2.92. The number of nitrogens with one attached hydrogen (secondary N) is 1. The van der Waals surface area contributed by atoms with Crippen molar-refractivity contribution in [3.05, 3.63) is 84.2 Å². The number of aromatic nitrogens is 4. The number of para-hydroxylation sites is 1. The zero-order valence-electron chi connectivity index (χ0n) is 16.4. The number of tetrazole rings is 1. The SMILES string of the molecule is COc1ccc(NC(=O)c2cccc(Oc3ccccc3)c2)cc1-n1nnnc1C. The second kappa shape index (κ2) is 8.44. The Morgan fingerprint density at radius 2 is 1.77 bits per heavy atom. The van der Waals surface area contributed by atoms with Gasteiger partial charge in [-0.25, -0.2) is 0 Å². The fraction of sp³-hybridized carbons (Fsp3) is 0.0909. The molecule has 1 heterocycles. The molecule has 0 unspecified atom stereocenters. The molecule has 3 aromatic carbocycles. The standard InChI is InChI=1S/C22H19N5O3/c1-15-24-25-26-27(15)20-14-17(11-12-21(20)29-2)23-22(28)16-7-6-10-19(13-16)30-18-8-4-3-5-9-18/h3-14H,1-2H3,(H,23,28). The van der Waals surface area contributed by atoms with Gasteiger partial charge in [0.05, 0.1) is 7.11 Å². The zero-order chi connectivity index (χ0) is 20.9. The molecule has 8 nitrogen and oxygen atoms in total. The van der Waals surface area contributed by atoms with Crippen LogP contribution in [0.2, 0.25) is 0 Å². The largest absolute Gasteiger partial charge is 0.494 e. The van der Waals surface area contributed by atoms with Gasteiger partial charge in [-0.1, -0.05) is 24.3 Å². The van der Waals surface area contributed by atoms with Crippen LogP contribution in [0.5, 0.6) is 17.2 Å². The zero-order valence-corrected chi connectivity index (χ0v) is 16.4. The third kappa shape index (κ3) is 4.12. The topological polar surface area (TPSA) is 91.2 Å². The quantitative estimate of drug-likeness (QED) is 0.525. The molecule has 0 fully saturated rings. The number of benzene rings is 3. The maximum Gasteiger partial charge on any atom is 0.255 e. The van der Waals surface area contributed by atoms with Crippen LogP contribution < -0.4 is 14.8 Å². The number of rotatable bonds is 6. The summed E-state index contributed by atoms with van der Waals surface area (Å²) in [6.07, 6.45) is 0. The number of carbonyl (C=O) groups excluding carboxylic acids is 1. The first-order chi connectivity index (χ1) is 14.6. The lowest BCUT2D eigenvalue weighted by molar-refractivity contribution is 0.102. The van der Waals surface area contributed by atoms with E-state index in [2.05, 4.69) is 20.8 Å². The van der Waals surface area contributed by atoms with Crippen LogP contribution in [0.15, 0.2) is 72.8 Å². The fourth-order valence-electron chi connectivity index (χ4n) is 2.92. The van der Waals surface area contributed by atoms with Crippen molar-refractivity contribution < 1.29 is 14.3 Å². The van der Waals surface area contributed by atoms with Crippen LogP contribution in [-0.2, 0) is 0 Å². The monoisotopic (exact) mass is 401 g/mol. The molecule has 1 aromatic heterocycles. The highest BCUT2D eigenvalue weighted by molar-refractivity contribution is 6.04. The minimum Gasteiger partial charge on any atom is -0.494 e. The van der Waals surface area contributed by atoms with Gasteiger partial charge in [0.15, 0.2) is 5.82 Å². The van der Waals surface area contributed by atoms with Crippen molar-refractivity contribution in [1.82, 2.24) is 20.2 Å². The summed E-state index contributed by atoms with van der Waals surface area (Å²) in [7, 11) is 1.56. The van der Waals surface area contributed by atoms with Gasteiger partial charge in [0.2, 0.25) is 0 Å². The van der Waals surface area contributed by atoms with Crippen molar-refractivity contribution in [2.45, 2.75) is 6.92 Å². The van der Waals surface area contributed by atoms with E-state index in [1.165, 1.54) is 0 Å². The van der Waals surface area contributed by atoms with E-state index in [4.69, 9.17) is 9.47 Å². The number of methoxy groups -OCH3 is 1. The lowest BCUT2D eigenvalue weighted by Gasteiger charge is -2.12. The summed E-state index contributed by atoms with van der Waals surface area (Å²) >= 11 is 0. The van der Waals surface area contributed by atoms with Crippen molar-refractivity contribution in [2.75, 3.05) is 12.4 Å². The summed E-state index contributed by atoms with van der Waals surface area (Å²) in [5.74, 6) is 2.20. The lowest BCUT2D eigenvalue weighted by Crippen LogP contribution is -2.12. The summed E-state index contributed by atoms with van der Waals surface area (Å²) in [6, 6.07) is 21.7. The van der Waals surface area contributed by atoms with Gasteiger partial charge in [0.25, 0.3) is 5.91 Å². The van der Waals surface area contributed by atoms with Gasteiger partial charge in [-0.2, -0.15) is 4.68 Å². The maximum absolute atomic E-state index is 12.8. The van der Waals surface area contributed by atoms with Crippen molar-refractivity contribution in [1.29, 1.82) is 0 Å². The van der Waals surface area contributed by atoms with Crippen LogP contribution in [0, 0.1) is 6.92 Å². The Morgan fingerprint density at radius 1 is 0.967 bits per heavy atom. The first kappa shape index (κ1) is 19.1. The van der Waals surface area contributed by atoms with Gasteiger partial charge in [-0.05, 0) is 65.9 Å². The maximum atomic E-state index is 12.8. The van der Waals surface area contributed by atoms with Gasteiger partial charge >= 0.3 is 0 Å². The van der Waals surface area contributed by atoms with E-state index >= 15 is 0 Å². The minimum absolute atomic E-state index is 0.266. The van der Waals surface area contributed by atoms with E-state index in [0.717, 1.165) is 0 Å². The third-order valence-corrected chi connectivity index (χ3v) is 4.37. The Bertz CT molecular complexity index is 1170. The first-order valence-electron chi connectivity index (χ1n) is 9.22. The molecule has 0 aliphatic rings. The predicted octanol–water partition coefficient (Wildman–Crippen LogP) is 4.02. The van der Waals surface area contributed by atoms with Crippen LogP contribution in [0.4, 0.5) is 5.69 Å². The van der Waals surface area contributed by atoms with Crippen LogP contribution in [-0.4, -0.2) is 33.2 Å². The number of hydrogen-bond donors (Lipinski definition) is 1. The van der Waals surface area contributed by atoms with E-state index in [1.54, 1.807) is 61.2 Å². The van der Waals surface area contributed by atoms with Gasteiger partial charge in [0, 0.05) is 11.3 Å². The highest BCUT2D eigenvalue weighted by Crippen LogP contribution is 2.27. The smallest absolute Gasteiger partial charge is 0.255 e. The highest BCUT2D eigenvalue weighted by atomic mass is 16.5. The molecule has 30 heavy (non-hydrogen) atoms. The van der Waals surface area contributed by atoms with Crippen molar-refractivity contribution in [3.8, 4) is 22.9 Å². The predicted molar refractivity (Wildman–Crippen MR) is 111 cm³/mol. The molecule has 0 radical (unpaired) electrons. The molecule has 4 aromatic rings. The number of carbonyl (C=O) groups is 1.